The topological polar surface area (TPSA) is 15.3 Å². The molecule has 0 atom stereocenters. The van der Waals surface area contributed by atoms with Crippen LogP contribution in [0, 0.1) is 16.7 Å². The first-order valence-corrected chi connectivity index (χ1v) is 6.90. The van der Waals surface area contributed by atoms with E-state index in [0.29, 0.717) is 10.8 Å². The van der Waals surface area contributed by atoms with E-state index >= 15 is 0 Å². The summed E-state index contributed by atoms with van der Waals surface area (Å²) < 4.78 is 0. The molecule has 0 radical (unpaired) electrons. The molecule has 2 heteroatoms. The second kappa shape index (κ2) is 6.75. The molecule has 2 nitrogen and oxygen atoms in total. The minimum absolute atomic E-state index is 0.390. The summed E-state index contributed by atoms with van der Waals surface area (Å²) in [6.45, 7) is 17.5. The Morgan fingerprint density at radius 1 is 0.882 bits per heavy atom. The molecule has 0 aliphatic rings. The van der Waals surface area contributed by atoms with Crippen LogP contribution in [0.15, 0.2) is 0 Å². The van der Waals surface area contributed by atoms with Crippen molar-refractivity contribution in [3.8, 4) is 0 Å². The van der Waals surface area contributed by atoms with Crippen LogP contribution in [0.2, 0.25) is 0 Å². The minimum Gasteiger partial charge on any atom is -0.315 e. The Morgan fingerprint density at radius 2 is 1.35 bits per heavy atom. The van der Waals surface area contributed by atoms with Crippen LogP contribution in [-0.2, 0) is 0 Å². The van der Waals surface area contributed by atoms with Crippen LogP contribution in [0.4, 0.5) is 0 Å². The minimum atomic E-state index is 0.390. The van der Waals surface area contributed by atoms with Crippen LogP contribution in [0.25, 0.3) is 0 Å². The predicted molar refractivity (Wildman–Crippen MR) is 78.4 cm³/mol. The standard InChI is InChI=1S/C15H34N2/c1-14(2,3)13(15(4,5)6)9-10-16-11-12-17(7)8/h13,16H,9-12H2,1-8H3. The van der Waals surface area contributed by atoms with E-state index in [1.165, 1.54) is 6.42 Å². The molecule has 0 aromatic carbocycles. The zero-order valence-electron chi connectivity index (χ0n) is 13.4. The van der Waals surface area contributed by atoms with Crippen LogP contribution < -0.4 is 5.32 Å². The van der Waals surface area contributed by atoms with Crippen molar-refractivity contribution < 1.29 is 0 Å². The lowest BCUT2D eigenvalue weighted by Crippen LogP contribution is -2.36. The van der Waals surface area contributed by atoms with E-state index in [2.05, 4.69) is 65.9 Å². The van der Waals surface area contributed by atoms with Crippen molar-refractivity contribution in [1.29, 1.82) is 0 Å². The third-order valence-electron chi connectivity index (χ3n) is 3.44. The van der Waals surface area contributed by atoms with Crippen LogP contribution in [0.3, 0.4) is 0 Å². The van der Waals surface area contributed by atoms with E-state index in [-0.39, 0.29) is 0 Å². The average Bonchev–Trinajstić information content (AvgIpc) is 2.05. The maximum absolute atomic E-state index is 3.55. The summed E-state index contributed by atoms with van der Waals surface area (Å²) in [4.78, 5) is 2.22. The Bertz CT molecular complexity index is 182. The van der Waals surface area contributed by atoms with Gasteiger partial charge in [0.25, 0.3) is 0 Å². The molecule has 0 heterocycles. The van der Waals surface area contributed by atoms with Crippen LogP contribution in [0.1, 0.15) is 48.0 Å². The van der Waals surface area contributed by atoms with Gasteiger partial charge in [-0.25, -0.2) is 0 Å². The van der Waals surface area contributed by atoms with Gasteiger partial charge in [0.15, 0.2) is 0 Å². The zero-order valence-corrected chi connectivity index (χ0v) is 13.4. The number of hydrogen-bond donors (Lipinski definition) is 1. The van der Waals surface area contributed by atoms with Gasteiger partial charge >= 0.3 is 0 Å². The molecule has 0 bridgehead atoms. The van der Waals surface area contributed by atoms with Gasteiger partial charge in [-0.3, -0.25) is 0 Å². The van der Waals surface area contributed by atoms with Gasteiger partial charge in [0.2, 0.25) is 0 Å². The van der Waals surface area contributed by atoms with Crippen LogP contribution >= 0.6 is 0 Å². The highest BCUT2D eigenvalue weighted by molar-refractivity contribution is 4.84. The van der Waals surface area contributed by atoms with Crippen LogP contribution in [-0.4, -0.2) is 38.6 Å². The molecular formula is C15H34N2. The summed E-state index contributed by atoms with van der Waals surface area (Å²) in [5.41, 5.74) is 0.781. The highest BCUT2D eigenvalue weighted by Crippen LogP contribution is 2.41. The smallest absolute Gasteiger partial charge is 0.0101 e. The van der Waals surface area contributed by atoms with Crippen molar-refractivity contribution in [1.82, 2.24) is 10.2 Å². The molecule has 0 saturated heterocycles. The quantitative estimate of drug-likeness (QED) is 0.719. The lowest BCUT2D eigenvalue weighted by molar-refractivity contribution is 0.0927. The molecule has 0 rings (SSSR count). The number of nitrogens with one attached hydrogen (secondary N) is 1. The molecule has 104 valence electrons. The van der Waals surface area contributed by atoms with Crippen molar-refractivity contribution in [2.24, 2.45) is 16.7 Å². The molecule has 0 amide bonds. The number of rotatable bonds is 6. The third-order valence-corrected chi connectivity index (χ3v) is 3.44. The Balaban J connectivity index is 4.04. The lowest BCUT2D eigenvalue weighted by Gasteiger charge is -2.41. The summed E-state index contributed by atoms with van der Waals surface area (Å²) in [5, 5.41) is 3.55. The van der Waals surface area contributed by atoms with Gasteiger partial charge in [-0.1, -0.05) is 41.5 Å². The normalized spacial score (nSPS) is 13.8. The second-order valence-electron chi connectivity index (χ2n) is 7.63. The highest BCUT2D eigenvalue weighted by atomic mass is 15.1. The molecule has 0 saturated carbocycles. The monoisotopic (exact) mass is 242 g/mol. The van der Waals surface area contributed by atoms with Gasteiger partial charge in [-0.05, 0) is 43.8 Å². The van der Waals surface area contributed by atoms with Crippen molar-refractivity contribution >= 4 is 0 Å². The molecule has 0 unspecified atom stereocenters. The largest absolute Gasteiger partial charge is 0.315 e. The van der Waals surface area contributed by atoms with Gasteiger partial charge in [0.05, 0.1) is 0 Å². The summed E-state index contributed by atoms with van der Waals surface area (Å²) >= 11 is 0. The van der Waals surface area contributed by atoms with E-state index < -0.39 is 0 Å². The summed E-state index contributed by atoms with van der Waals surface area (Å²) in [7, 11) is 4.24. The van der Waals surface area contributed by atoms with Crippen molar-refractivity contribution in [3.05, 3.63) is 0 Å². The van der Waals surface area contributed by atoms with Crippen molar-refractivity contribution in [3.63, 3.8) is 0 Å². The predicted octanol–water partition coefficient (Wildman–Crippen LogP) is 3.24. The lowest BCUT2D eigenvalue weighted by atomic mass is 9.65. The molecule has 0 spiro atoms. The van der Waals surface area contributed by atoms with Gasteiger partial charge in [-0.2, -0.15) is 0 Å². The van der Waals surface area contributed by atoms with E-state index in [1.54, 1.807) is 0 Å². The summed E-state index contributed by atoms with van der Waals surface area (Å²) in [6.07, 6.45) is 1.26. The molecule has 1 N–H and O–H groups in total. The van der Waals surface area contributed by atoms with Crippen LogP contribution in [0.5, 0.6) is 0 Å². The summed E-state index contributed by atoms with van der Waals surface area (Å²) in [6, 6.07) is 0. The molecule has 0 aromatic heterocycles. The zero-order chi connectivity index (χ0) is 13.7. The van der Waals surface area contributed by atoms with E-state index in [0.717, 1.165) is 25.6 Å². The first-order valence-electron chi connectivity index (χ1n) is 6.90. The van der Waals surface area contributed by atoms with E-state index in [9.17, 15) is 0 Å². The second-order valence-corrected chi connectivity index (χ2v) is 7.63. The number of likely N-dealkylation sites (N-methyl/N-ethyl adjacent to an activating group) is 1. The van der Waals surface area contributed by atoms with Gasteiger partial charge in [0, 0.05) is 13.1 Å². The molecule has 17 heavy (non-hydrogen) atoms. The first kappa shape index (κ1) is 16.9. The Hall–Kier alpha value is -0.0800. The third kappa shape index (κ3) is 7.77. The maximum Gasteiger partial charge on any atom is 0.0101 e. The fourth-order valence-electron chi connectivity index (χ4n) is 2.84. The highest BCUT2D eigenvalue weighted by Gasteiger charge is 2.33. The fourth-order valence-corrected chi connectivity index (χ4v) is 2.84. The number of nitrogens with zero attached hydrogens (tertiary/aromatic N) is 1. The first-order chi connectivity index (χ1) is 7.55. The molecule has 0 aromatic rings. The Labute approximate surface area is 109 Å². The summed E-state index contributed by atoms with van der Waals surface area (Å²) in [5.74, 6) is 0.752. The van der Waals surface area contributed by atoms with Crippen molar-refractivity contribution in [2.45, 2.75) is 48.0 Å². The van der Waals surface area contributed by atoms with Gasteiger partial charge < -0.3 is 10.2 Å². The van der Waals surface area contributed by atoms with Gasteiger partial charge in [-0.15, -0.1) is 0 Å². The Morgan fingerprint density at radius 3 is 1.71 bits per heavy atom. The molecule has 0 fully saturated rings. The number of hydrogen-bond acceptors (Lipinski definition) is 2. The molecule has 0 aliphatic carbocycles. The SMILES string of the molecule is CN(C)CCNCCC(C(C)(C)C)C(C)(C)C. The molecular weight excluding hydrogens is 208 g/mol. The van der Waals surface area contributed by atoms with Gasteiger partial charge in [0.1, 0.15) is 0 Å². The average molecular weight is 242 g/mol. The maximum atomic E-state index is 3.55. The van der Waals surface area contributed by atoms with Crippen molar-refractivity contribution in [2.75, 3.05) is 33.7 Å². The molecule has 0 aliphatic heterocycles. The fraction of sp³-hybridized carbons (Fsp3) is 1.00. The Kier molecular flexibility index (Phi) is 6.71. The van der Waals surface area contributed by atoms with E-state index in [4.69, 9.17) is 0 Å². The van der Waals surface area contributed by atoms with E-state index in [1.807, 2.05) is 0 Å².